The molecule has 2 N–H and O–H groups in total. The fourth-order valence-electron chi connectivity index (χ4n) is 1.60. The summed E-state index contributed by atoms with van der Waals surface area (Å²) in [5, 5.41) is 12.3. The van der Waals surface area contributed by atoms with Crippen LogP contribution >= 0.6 is 0 Å². The maximum absolute atomic E-state index is 9.09. The molecule has 0 bridgehead atoms. The maximum Gasteiger partial charge on any atom is 0.0636 e. The molecule has 0 amide bonds. The standard InChI is InChI=1S/C13H21NO/c1-10-4-5-11(2)13(8-10)6-7-14-9-12(3)15/h4-5,8,12,14-15H,6-7,9H2,1-3H3. The Hall–Kier alpha value is -0.860. The van der Waals surface area contributed by atoms with Crippen molar-refractivity contribution in [3.8, 4) is 0 Å². The van der Waals surface area contributed by atoms with Gasteiger partial charge in [0.25, 0.3) is 0 Å². The third kappa shape index (κ3) is 4.45. The predicted molar refractivity (Wildman–Crippen MR) is 64.2 cm³/mol. The summed E-state index contributed by atoms with van der Waals surface area (Å²) in [6.45, 7) is 7.65. The van der Waals surface area contributed by atoms with Gasteiger partial charge in [0, 0.05) is 6.54 Å². The van der Waals surface area contributed by atoms with Crippen LogP contribution in [0.2, 0.25) is 0 Å². The van der Waals surface area contributed by atoms with Gasteiger partial charge < -0.3 is 10.4 Å². The van der Waals surface area contributed by atoms with E-state index >= 15 is 0 Å². The van der Waals surface area contributed by atoms with Crippen LogP contribution in [0.3, 0.4) is 0 Å². The number of hydrogen-bond acceptors (Lipinski definition) is 2. The van der Waals surface area contributed by atoms with Crippen molar-refractivity contribution >= 4 is 0 Å². The highest BCUT2D eigenvalue weighted by atomic mass is 16.3. The first-order chi connectivity index (χ1) is 7.09. The van der Waals surface area contributed by atoms with Crippen LogP contribution in [0.25, 0.3) is 0 Å². The Morgan fingerprint density at radius 1 is 1.33 bits per heavy atom. The highest BCUT2D eigenvalue weighted by molar-refractivity contribution is 5.30. The molecule has 84 valence electrons. The van der Waals surface area contributed by atoms with E-state index < -0.39 is 0 Å². The molecule has 1 aromatic carbocycles. The van der Waals surface area contributed by atoms with Crippen LogP contribution in [0, 0.1) is 13.8 Å². The molecule has 0 aromatic heterocycles. The maximum atomic E-state index is 9.09. The van der Waals surface area contributed by atoms with Crippen LogP contribution in [-0.4, -0.2) is 24.3 Å². The topological polar surface area (TPSA) is 32.3 Å². The van der Waals surface area contributed by atoms with Crippen LogP contribution in [0.1, 0.15) is 23.6 Å². The number of aliphatic hydroxyl groups excluding tert-OH is 1. The van der Waals surface area contributed by atoms with Crippen LogP contribution in [-0.2, 0) is 6.42 Å². The summed E-state index contributed by atoms with van der Waals surface area (Å²) in [6, 6.07) is 6.54. The van der Waals surface area contributed by atoms with Crippen molar-refractivity contribution in [2.75, 3.05) is 13.1 Å². The van der Waals surface area contributed by atoms with Crippen LogP contribution in [0.4, 0.5) is 0 Å². The minimum Gasteiger partial charge on any atom is -0.392 e. The first-order valence-corrected chi connectivity index (χ1v) is 5.54. The highest BCUT2D eigenvalue weighted by Crippen LogP contribution is 2.10. The molecule has 1 aromatic rings. The molecular weight excluding hydrogens is 186 g/mol. The molecule has 15 heavy (non-hydrogen) atoms. The molecule has 0 heterocycles. The molecule has 1 unspecified atom stereocenters. The second-order valence-electron chi connectivity index (χ2n) is 4.23. The summed E-state index contributed by atoms with van der Waals surface area (Å²) in [5.41, 5.74) is 4.05. The lowest BCUT2D eigenvalue weighted by atomic mass is 10.0. The van der Waals surface area contributed by atoms with Crippen molar-refractivity contribution in [1.29, 1.82) is 0 Å². The molecule has 0 saturated heterocycles. The second kappa shape index (κ2) is 5.89. The Morgan fingerprint density at radius 2 is 2.07 bits per heavy atom. The zero-order chi connectivity index (χ0) is 11.3. The van der Waals surface area contributed by atoms with E-state index in [1.165, 1.54) is 16.7 Å². The number of hydrogen-bond donors (Lipinski definition) is 2. The fourth-order valence-corrected chi connectivity index (χ4v) is 1.60. The highest BCUT2D eigenvalue weighted by Gasteiger charge is 1.99. The monoisotopic (exact) mass is 207 g/mol. The lowest BCUT2D eigenvalue weighted by Gasteiger charge is -2.09. The van der Waals surface area contributed by atoms with E-state index in [-0.39, 0.29) is 6.10 Å². The molecule has 1 rings (SSSR count). The van der Waals surface area contributed by atoms with Crippen molar-refractivity contribution in [2.45, 2.75) is 33.3 Å². The van der Waals surface area contributed by atoms with Gasteiger partial charge in [-0.2, -0.15) is 0 Å². The molecule has 0 spiro atoms. The summed E-state index contributed by atoms with van der Waals surface area (Å²) in [4.78, 5) is 0. The summed E-state index contributed by atoms with van der Waals surface area (Å²) in [6.07, 6.45) is 0.767. The third-order valence-corrected chi connectivity index (χ3v) is 2.52. The van der Waals surface area contributed by atoms with Gasteiger partial charge in [-0.05, 0) is 44.9 Å². The molecule has 0 fully saturated rings. The van der Waals surface area contributed by atoms with Crippen molar-refractivity contribution in [2.24, 2.45) is 0 Å². The predicted octanol–water partition coefficient (Wildman–Crippen LogP) is 1.82. The molecular formula is C13H21NO. The third-order valence-electron chi connectivity index (χ3n) is 2.52. The normalized spacial score (nSPS) is 12.8. The lowest BCUT2D eigenvalue weighted by molar-refractivity contribution is 0.191. The summed E-state index contributed by atoms with van der Waals surface area (Å²) in [7, 11) is 0. The van der Waals surface area contributed by atoms with Crippen molar-refractivity contribution in [3.05, 3.63) is 34.9 Å². The summed E-state index contributed by atoms with van der Waals surface area (Å²) in [5.74, 6) is 0. The minimum atomic E-state index is -0.261. The van der Waals surface area contributed by atoms with E-state index in [4.69, 9.17) is 5.11 Å². The zero-order valence-corrected chi connectivity index (χ0v) is 9.88. The molecule has 2 heteroatoms. The van der Waals surface area contributed by atoms with Crippen LogP contribution in [0.5, 0.6) is 0 Å². The SMILES string of the molecule is Cc1ccc(C)c(CCNCC(C)O)c1. The van der Waals surface area contributed by atoms with Crippen molar-refractivity contribution in [1.82, 2.24) is 5.32 Å². The van der Waals surface area contributed by atoms with Crippen molar-refractivity contribution in [3.63, 3.8) is 0 Å². The molecule has 0 aliphatic rings. The smallest absolute Gasteiger partial charge is 0.0636 e. The van der Waals surface area contributed by atoms with E-state index in [1.54, 1.807) is 6.92 Å². The van der Waals surface area contributed by atoms with Crippen LogP contribution < -0.4 is 5.32 Å². The van der Waals surface area contributed by atoms with E-state index in [0.29, 0.717) is 6.54 Å². The fraction of sp³-hybridized carbons (Fsp3) is 0.538. The van der Waals surface area contributed by atoms with Gasteiger partial charge in [0.15, 0.2) is 0 Å². The Kier molecular flexibility index (Phi) is 4.79. The number of aliphatic hydroxyl groups is 1. The molecule has 1 atom stereocenters. The summed E-state index contributed by atoms with van der Waals surface area (Å²) >= 11 is 0. The van der Waals surface area contributed by atoms with Gasteiger partial charge in [-0.1, -0.05) is 23.8 Å². The molecule has 0 aliphatic carbocycles. The second-order valence-corrected chi connectivity index (χ2v) is 4.23. The van der Waals surface area contributed by atoms with Gasteiger partial charge >= 0.3 is 0 Å². The van der Waals surface area contributed by atoms with Gasteiger partial charge in [-0.25, -0.2) is 0 Å². The number of aryl methyl sites for hydroxylation is 2. The lowest BCUT2D eigenvalue weighted by Crippen LogP contribution is -2.26. The zero-order valence-electron chi connectivity index (χ0n) is 9.88. The molecule has 0 aliphatic heterocycles. The first kappa shape index (κ1) is 12.2. The Morgan fingerprint density at radius 3 is 2.73 bits per heavy atom. The quantitative estimate of drug-likeness (QED) is 0.722. The van der Waals surface area contributed by atoms with Gasteiger partial charge in [0.1, 0.15) is 0 Å². The van der Waals surface area contributed by atoms with Gasteiger partial charge in [-0.15, -0.1) is 0 Å². The van der Waals surface area contributed by atoms with E-state index in [9.17, 15) is 0 Å². The van der Waals surface area contributed by atoms with E-state index in [0.717, 1.165) is 13.0 Å². The molecule has 2 nitrogen and oxygen atoms in total. The average Bonchev–Trinajstić information content (AvgIpc) is 2.17. The Bertz CT molecular complexity index is 307. The Balaban J connectivity index is 2.40. The largest absolute Gasteiger partial charge is 0.392 e. The molecule has 0 saturated carbocycles. The van der Waals surface area contributed by atoms with E-state index in [1.807, 2.05) is 0 Å². The molecule has 0 radical (unpaired) electrons. The van der Waals surface area contributed by atoms with Crippen molar-refractivity contribution < 1.29 is 5.11 Å². The number of benzene rings is 1. The number of rotatable bonds is 5. The Labute approximate surface area is 92.3 Å². The van der Waals surface area contributed by atoms with Gasteiger partial charge in [0.2, 0.25) is 0 Å². The first-order valence-electron chi connectivity index (χ1n) is 5.54. The number of nitrogens with one attached hydrogen (secondary N) is 1. The van der Waals surface area contributed by atoms with Gasteiger partial charge in [-0.3, -0.25) is 0 Å². The van der Waals surface area contributed by atoms with Gasteiger partial charge in [0.05, 0.1) is 6.10 Å². The van der Waals surface area contributed by atoms with Crippen LogP contribution in [0.15, 0.2) is 18.2 Å². The average molecular weight is 207 g/mol. The minimum absolute atomic E-state index is 0.261. The summed E-state index contributed by atoms with van der Waals surface area (Å²) < 4.78 is 0. The van der Waals surface area contributed by atoms with E-state index in [2.05, 4.69) is 37.4 Å².